The van der Waals surface area contributed by atoms with Gasteiger partial charge in [0.1, 0.15) is 11.6 Å². The van der Waals surface area contributed by atoms with Crippen molar-refractivity contribution in [3.05, 3.63) is 28.6 Å². The van der Waals surface area contributed by atoms with Gasteiger partial charge in [0, 0.05) is 30.7 Å². The normalized spacial score (nSPS) is 22.8. The predicted octanol–water partition coefficient (Wildman–Crippen LogP) is 1.35. The van der Waals surface area contributed by atoms with E-state index in [2.05, 4.69) is 43.8 Å². The van der Waals surface area contributed by atoms with E-state index < -0.39 is 0 Å². The number of hydrogen-bond acceptors (Lipinski definition) is 5. The first-order valence-corrected chi connectivity index (χ1v) is 9.06. The summed E-state index contributed by atoms with van der Waals surface area (Å²) in [5, 5.41) is 16.6. The van der Waals surface area contributed by atoms with Crippen LogP contribution in [-0.4, -0.2) is 43.0 Å². The Morgan fingerprint density at radius 1 is 1.25 bits per heavy atom. The molecule has 4 rings (SSSR count). The molecule has 2 aliphatic carbocycles. The van der Waals surface area contributed by atoms with Crippen LogP contribution in [0.2, 0.25) is 0 Å². The van der Waals surface area contributed by atoms with Crippen molar-refractivity contribution in [3.8, 4) is 0 Å². The zero-order valence-electron chi connectivity index (χ0n) is 14.6. The van der Waals surface area contributed by atoms with E-state index in [1.54, 1.807) is 0 Å². The second-order valence-corrected chi connectivity index (χ2v) is 7.30. The third-order valence-electron chi connectivity index (χ3n) is 5.43. The maximum Gasteiger partial charge on any atom is 0.147 e. The number of nitrogens with zero attached hydrogens (tertiary/aromatic N) is 5. The van der Waals surface area contributed by atoms with Crippen LogP contribution in [0.3, 0.4) is 0 Å². The summed E-state index contributed by atoms with van der Waals surface area (Å²) in [6, 6.07) is 0.338. The Labute approximate surface area is 142 Å². The largest absolute Gasteiger partial charge is 0.328 e. The van der Waals surface area contributed by atoms with Crippen molar-refractivity contribution in [1.29, 1.82) is 0 Å². The van der Waals surface area contributed by atoms with Crippen LogP contribution in [-0.2, 0) is 32.5 Å². The van der Waals surface area contributed by atoms with Crippen molar-refractivity contribution in [2.45, 2.75) is 70.6 Å². The highest BCUT2D eigenvalue weighted by Gasteiger charge is 2.32. The standard InChI is InChI=1S/C17H27N7/c1-3-24-16(21-22-17(24)11-7-12(18)8-11)10-23(2)9-15-13-5-4-6-14(13)19-20-15/h11-12H,3-10,18H2,1-2H3,(H,19,20). The summed E-state index contributed by atoms with van der Waals surface area (Å²) in [6.45, 7) is 4.72. The van der Waals surface area contributed by atoms with Crippen LogP contribution in [0.25, 0.3) is 0 Å². The molecule has 3 N–H and O–H groups in total. The average molecular weight is 329 g/mol. The van der Waals surface area contributed by atoms with Gasteiger partial charge in [-0.2, -0.15) is 5.10 Å². The number of aromatic nitrogens is 5. The number of nitrogens with one attached hydrogen (secondary N) is 1. The molecule has 7 heteroatoms. The number of rotatable bonds is 6. The van der Waals surface area contributed by atoms with Gasteiger partial charge in [0.05, 0.1) is 12.2 Å². The van der Waals surface area contributed by atoms with Gasteiger partial charge in [-0.05, 0) is 51.6 Å². The molecule has 0 unspecified atom stereocenters. The molecule has 7 nitrogen and oxygen atoms in total. The van der Waals surface area contributed by atoms with Gasteiger partial charge in [0.25, 0.3) is 0 Å². The molecular weight excluding hydrogens is 302 g/mol. The van der Waals surface area contributed by atoms with Crippen LogP contribution in [0.4, 0.5) is 0 Å². The molecule has 2 aromatic rings. The lowest BCUT2D eigenvalue weighted by Gasteiger charge is -2.31. The quantitative estimate of drug-likeness (QED) is 0.835. The zero-order valence-corrected chi connectivity index (χ0v) is 14.6. The highest BCUT2D eigenvalue weighted by atomic mass is 15.3. The van der Waals surface area contributed by atoms with E-state index in [0.717, 1.165) is 57.0 Å². The van der Waals surface area contributed by atoms with Crippen molar-refractivity contribution in [1.82, 2.24) is 29.9 Å². The first-order valence-electron chi connectivity index (χ1n) is 9.06. The van der Waals surface area contributed by atoms with Gasteiger partial charge in [-0.15, -0.1) is 10.2 Å². The van der Waals surface area contributed by atoms with Crippen molar-refractivity contribution < 1.29 is 0 Å². The lowest BCUT2D eigenvalue weighted by atomic mass is 9.80. The third kappa shape index (κ3) is 2.75. The van der Waals surface area contributed by atoms with Crippen LogP contribution < -0.4 is 5.73 Å². The molecule has 2 aromatic heterocycles. The first kappa shape index (κ1) is 15.8. The smallest absolute Gasteiger partial charge is 0.147 e. The van der Waals surface area contributed by atoms with Gasteiger partial charge in [0.15, 0.2) is 0 Å². The summed E-state index contributed by atoms with van der Waals surface area (Å²) < 4.78 is 2.27. The minimum atomic E-state index is 0.338. The molecule has 0 atom stereocenters. The second-order valence-electron chi connectivity index (χ2n) is 7.30. The monoisotopic (exact) mass is 329 g/mol. The summed E-state index contributed by atoms with van der Waals surface area (Å²) in [5.74, 6) is 2.65. The molecule has 1 saturated carbocycles. The molecule has 0 aromatic carbocycles. The SMILES string of the molecule is CCn1c(CN(C)Cc2n[nH]c3c2CCC3)nnc1C1CC(N)C1. The van der Waals surface area contributed by atoms with E-state index in [9.17, 15) is 0 Å². The molecule has 24 heavy (non-hydrogen) atoms. The van der Waals surface area contributed by atoms with Gasteiger partial charge in [-0.3, -0.25) is 10.00 Å². The van der Waals surface area contributed by atoms with Crippen LogP contribution in [0.15, 0.2) is 0 Å². The number of fused-ring (bicyclic) bond motifs is 1. The Morgan fingerprint density at radius 2 is 2.08 bits per heavy atom. The molecule has 1 fully saturated rings. The highest BCUT2D eigenvalue weighted by molar-refractivity contribution is 5.29. The van der Waals surface area contributed by atoms with Crippen molar-refractivity contribution >= 4 is 0 Å². The minimum absolute atomic E-state index is 0.338. The fourth-order valence-electron chi connectivity index (χ4n) is 4.06. The number of hydrogen-bond donors (Lipinski definition) is 2. The van der Waals surface area contributed by atoms with E-state index >= 15 is 0 Å². The molecule has 2 heterocycles. The van der Waals surface area contributed by atoms with E-state index in [4.69, 9.17) is 5.73 Å². The average Bonchev–Trinajstić information content (AvgIpc) is 3.21. The Bertz CT molecular complexity index is 711. The molecule has 0 radical (unpaired) electrons. The number of aromatic amines is 1. The predicted molar refractivity (Wildman–Crippen MR) is 91.4 cm³/mol. The fraction of sp³-hybridized carbons (Fsp3) is 0.706. The van der Waals surface area contributed by atoms with Gasteiger partial charge < -0.3 is 10.3 Å². The van der Waals surface area contributed by atoms with E-state index in [0.29, 0.717) is 12.0 Å². The maximum atomic E-state index is 5.93. The minimum Gasteiger partial charge on any atom is -0.328 e. The lowest BCUT2D eigenvalue weighted by Crippen LogP contribution is -2.36. The Morgan fingerprint density at radius 3 is 2.83 bits per heavy atom. The summed E-state index contributed by atoms with van der Waals surface area (Å²) in [6.07, 6.45) is 5.62. The van der Waals surface area contributed by atoms with Crippen LogP contribution in [0.1, 0.15) is 60.7 Å². The summed E-state index contributed by atoms with van der Waals surface area (Å²) >= 11 is 0. The molecule has 0 bridgehead atoms. The summed E-state index contributed by atoms with van der Waals surface area (Å²) in [4.78, 5) is 2.28. The first-order chi connectivity index (χ1) is 11.7. The molecule has 130 valence electrons. The van der Waals surface area contributed by atoms with Gasteiger partial charge in [-0.25, -0.2) is 0 Å². The summed E-state index contributed by atoms with van der Waals surface area (Å²) in [5.41, 5.74) is 9.89. The Hall–Kier alpha value is -1.73. The van der Waals surface area contributed by atoms with Crippen LogP contribution in [0.5, 0.6) is 0 Å². The summed E-state index contributed by atoms with van der Waals surface area (Å²) in [7, 11) is 2.13. The zero-order chi connectivity index (χ0) is 16.7. The van der Waals surface area contributed by atoms with Gasteiger partial charge >= 0.3 is 0 Å². The lowest BCUT2D eigenvalue weighted by molar-refractivity contribution is 0.296. The Balaban J connectivity index is 1.44. The van der Waals surface area contributed by atoms with Crippen molar-refractivity contribution in [2.75, 3.05) is 7.05 Å². The maximum absolute atomic E-state index is 5.93. The molecule has 0 aliphatic heterocycles. The number of nitrogens with two attached hydrogens (primary N) is 1. The van der Waals surface area contributed by atoms with Crippen molar-refractivity contribution in [3.63, 3.8) is 0 Å². The van der Waals surface area contributed by atoms with Gasteiger partial charge in [-0.1, -0.05) is 0 Å². The van der Waals surface area contributed by atoms with E-state index in [1.165, 1.54) is 23.4 Å². The second kappa shape index (κ2) is 6.29. The fourth-order valence-corrected chi connectivity index (χ4v) is 4.06. The van der Waals surface area contributed by atoms with Crippen LogP contribution in [0, 0.1) is 0 Å². The Kier molecular flexibility index (Phi) is 4.14. The molecule has 2 aliphatic rings. The highest BCUT2D eigenvalue weighted by Crippen LogP contribution is 2.35. The number of H-pyrrole nitrogens is 1. The van der Waals surface area contributed by atoms with Crippen LogP contribution >= 0.6 is 0 Å². The van der Waals surface area contributed by atoms with Gasteiger partial charge in [0.2, 0.25) is 0 Å². The molecule has 0 saturated heterocycles. The van der Waals surface area contributed by atoms with E-state index in [-0.39, 0.29) is 0 Å². The van der Waals surface area contributed by atoms with E-state index in [1.807, 2.05) is 0 Å². The molecule has 0 amide bonds. The van der Waals surface area contributed by atoms with Crippen molar-refractivity contribution in [2.24, 2.45) is 5.73 Å². The number of aryl methyl sites for hydroxylation is 1. The third-order valence-corrected chi connectivity index (χ3v) is 5.43. The topological polar surface area (TPSA) is 88.7 Å². The molecular formula is C17H27N7. The molecule has 0 spiro atoms.